The summed E-state index contributed by atoms with van der Waals surface area (Å²) in [6.07, 6.45) is 3.13. The van der Waals surface area contributed by atoms with Gasteiger partial charge in [-0.3, -0.25) is 14.5 Å². The number of carbonyl (C=O) groups is 2. The van der Waals surface area contributed by atoms with Crippen molar-refractivity contribution in [2.24, 2.45) is 0 Å². The predicted molar refractivity (Wildman–Crippen MR) is 81.1 cm³/mol. The summed E-state index contributed by atoms with van der Waals surface area (Å²) in [5, 5.41) is 11.8. The van der Waals surface area contributed by atoms with E-state index in [0.29, 0.717) is 16.7 Å². The first-order valence-electron chi connectivity index (χ1n) is 6.88. The molecule has 0 unspecified atom stereocenters. The Hall–Kier alpha value is -1.47. The van der Waals surface area contributed by atoms with Gasteiger partial charge in [0.25, 0.3) is 5.91 Å². The van der Waals surface area contributed by atoms with Crippen molar-refractivity contribution in [2.75, 3.05) is 13.1 Å². The summed E-state index contributed by atoms with van der Waals surface area (Å²) in [7, 11) is 0. The van der Waals surface area contributed by atoms with Crippen molar-refractivity contribution in [1.82, 2.24) is 15.2 Å². The zero-order valence-corrected chi connectivity index (χ0v) is 13.3. The fourth-order valence-electron chi connectivity index (χ4n) is 2.48. The lowest BCUT2D eigenvalue weighted by molar-refractivity contribution is -0.139. The van der Waals surface area contributed by atoms with E-state index in [-0.39, 0.29) is 24.5 Å². The Bertz CT molecular complexity index is 532. The molecular formula is C14H18BrN3O3. The fraction of sp³-hybridized carbons (Fsp3) is 0.500. The molecule has 1 saturated carbocycles. The van der Waals surface area contributed by atoms with Crippen LogP contribution < -0.4 is 5.32 Å². The summed E-state index contributed by atoms with van der Waals surface area (Å²) >= 11 is 3.30. The van der Waals surface area contributed by atoms with Crippen molar-refractivity contribution in [3.05, 3.63) is 28.5 Å². The van der Waals surface area contributed by atoms with E-state index in [4.69, 9.17) is 5.11 Å². The molecule has 6 nitrogen and oxygen atoms in total. The highest BCUT2D eigenvalue weighted by molar-refractivity contribution is 9.10. The fourth-order valence-corrected chi connectivity index (χ4v) is 2.92. The number of rotatable bonds is 6. The molecular weight excluding hydrogens is 338 g/mol. The Morgan fingerprint density at radius 2 is 2.24 bits per heavy atom. The molecule has 1 aliphatic carbocycles. The van der Waals surface area contributed by atoms with E-state index in [1.807, 2.05) is 11.8 Å². The van der Waals surface area contributed by atoms with E-state index < -0.39 is 5.97 Å². The molecule has 0 aromatic carbocycles. The van der Waals surface area contributed by atoms with Crippen LogP contribution in [0.25, 0.3) is 0 Å². The summed E-state index contributed by atoms with van der Waals surface area (Å²) in [6, 6.07) is 3.84. The smallest absolute Gasteiger partial charge is 0.317 e. The maximum absolute atomic E-state index is 12.1. The first-order chi connectivity index (χ1) is 10.0. The van der Waals surface area contributed by atoms with Crippen LogP contribution in [0.15, 0.2) is 22.8 Å². The van der Waals surface area contributed by atoms with Crippen LogP contribution >= 0.6 is 15.9 Å². The summed E-state index contributed by atoms with van der Waals surface area (Å²) in [4.78, 5) is 28.8. The Morgan fingerprint density at radius 3 is 2.81 bits per heavy atom. The molecule has 1 aliphatic rings. The molecule has 0 radical (unpaired) electrons. The minimum absolute atomic E-state index is 0.0492. The van der Waals surface area contributed by atoms with Crippen LogP contribution in [0.5, 0.6) is 0 Å². The molecule has 1 aromatic rings. The maximum Gasteiger partial charge on any atom is 0.317 e. The summed E-state index contributed by atoms with van der Waals surface area (Å²) < 4.78 is 0.666. The van der Waals surface area contributed by atoms with E-state index in [1.54, 1.807) is 18.3 Å². The quantitative estimate of drug-likeness (QED) is 0.808. The number of likely N-dealkylation sites (N-methyl/N-ethyl adjacent to an activating group) is 1. The van der Waals surface area contributed by atoms with Gasteiger partial charge in [-0.2, -0.15) is 0 Å². The number of hydrogen-bond acceptors (Lipinski definition) is 4. The molecule has 1 heterocycles. The number of carbonyl (C=O) groups excluding carboxylic acids is 1. The van der Waals surface area contributed by atoms with E-state index in [2.05, 4.69) is 26.2 Å². The van der Waals surface area contributed by atoms with Crippen molar-refractivity contribution in [3.63, 3.8) is 0 Å². The van der Waals surface area contributed by atoms with Gasteiger partial charge in [-0.15, -0.1) is 0 Å². The highest BCUT2D eigenvalue weighted by Gasteiger charge is 2.35. The van der Waals surface area contributed by atoms with Crippen LogP contribution in [0, 0.1) is 0 Å². The lowest BCUT2D eigenvalue weighted by Crippen LogP contribution is -2.54. The van der Waals surface area contributed by atoms with Crippen molar-refractivity contribution < 1.29 is 14.7 Å². The molecule has 21 heavy (non-hydrogen) atoms. The lowest BCUT2D eigenvalue weighted by Gasteiger charge is -2.42. The van der Waals surface area contributed by atoms with E-state index in [0.717, 1.165) is 12.8 Å². The van der Waals surface area contributed by atoms with E-state index in [9.17, 15) is 9.59 Å². The predicted octanol–water partition coefficient (Wildman–Crippen LogP) is 1.51. The second-order valence-corrected chi connectivity index (χ2v) is 5.94. The van der Waals surface area contributed by atoms with Crippen molar-refractivity contribution in [2.45, 2.75) is 31.8 Å². The number of pyridine rings is 1. The van der Waals surface area contributed by atoms with Gasteiger partial charge in [-0.25, -0.2) is 4.98 Å². The van der Waals surface area contributed by atoms with Crippen LogP contribution in [-0.4, -0.2) is 52.0 Å². The molecule has 0 atom stereocenters. The molecule has 0 spiro atoms. The molecule has 2 N–H and O–H groups in total. The van der Waals surface area contributed by atoms with Gasteiger partial charge in [0.1, 0.15) is 5.69 Å². The molecule has 0 aliphatic heterocycles. The minimum atomic E-state index is -0.818. The van der Waals surface area contributed by atoms with Gasteiger partial charge < -0.3 is 10.4 Å². The topological polar surface area (TPSA) is 82.5 Å². The van der Waals surface area contributed by atoms with E-state index in [1.165, 1.54) is 0 Å². The van der Waals surface area contributed by atoms with Gasteiger partial charge in [-0.1, -0.05) is 6.92 Å². The number of nitrogens with one attached hydrogen (secondary N) is 1. The van der Waals surface area contributed by atoms with Gasteiger partial charge in [0.2, 0.25) is 0 Å². The first kappa shape index (κ1) is 15.9. The Balaban J connectivity index is 1.84. The molecule has 1 amide bonds. The Labute approximate surface area is 131 Å². The van der Waals surface area contributed by atoms with Crippen LogP contribution in [-0.2, 0) is 4.79 Å². The van der Waals surface area contributed by atoms with Gasteiger partial charge in [0, 0.05) is 22.8 Å². The largest absolute Gasteiger partial charge is 0.480 e. The van der Waals surface area contributed by atoms with Gasteiger partial charge >= 0.3 is 5.97 Å². The van der Waals surface area contributed by atoms with Crippen LogP contribution in [0.2, 0.25) is 0 Å². The molecule has 114 valence electrons. The minimum Gasteiger partial charge on any atom is -0.480 e. The van der Waals surface area contributed by atoms with Crippen molar-refractivity contribution in [3.8, 4) is 0 Å². The normalized spacial score (nSPS) is 20.9. The molecule has 2 rings (SSSR count). The molecule has 0 saturated heterocycles. The second-order valence-electron chi connectivity index (χ2n) is 5.09. The number of aromatic nitrogens is 1. The van der Waals surface area contributed by atoms with Gasteiger partial charge in [0.05, 0.1) is 6.54 Å². The average molecular weight is 356 g/mol. The Kier molecular flexibility index (Phi) is 5.30. The standard InChI is InChI=1S/C14H18BrN3O3/c1-2-18(8-12(19)20)10-6-9(7-10)17-14(21)13-11(15)4-3-5-16-13/h3-5,9-10H,2,6-8H2,1H3,(H,17,21)(H,19,20). The molecule has 1 fully saturated rings. The third-order valence-electron chi connectivity index (χ3n) is 3.68. The second kappa shape index (κ2) is 7.00. The zero-order valence-electron chi connectivity index (χ0n) is 11.8. The monoisotopic (exact) mass is 355 g/mol. The number of nitrogens with zero attached hydrogens (tertiary/aromatic N) is 2. The summed E-state index contributed by atoms with van der Waals surface area (Å²) in [6.45, 7) is 2.69. The SMILES string of the molecule is CCN(CC(=O)O)C1CC(NC(=O)c2ncccc2Br)C1. The summed E-state index contributed by atoms with van der Waals surface area (Å²) in [5.41, 5.74) is 0.374. The van der Waals surface area contributed by atoms with Crippen LogP contribution in [0.3, 0.4) is 0 Å². The number of amides is 1. The third-order valence-corrected chi connectivity index (χ3v) is 4.32. The number of carboxylic acid groups (broad SMARTS) is 1. The zero-order chi connectivity index (χ0) is 15.4. The molecule has 1 aromatic heterocycles. The maximum atomic E-state index is 12.1. The van der Waals surface area contributed by atoms with Gasteiger partial charge in [-0.05, 0) is 47.4 Å². The van der Waals surface area contributed by atoms with E-state index >= 15 is 0 Å². The number of halogens is 1. The third kappa shape index (κ3) is 4.01. The summed E-state index contributed by atoms with van der Waals surface area (Å²) in [5.74, 6) is -1.02. The Morgan fingerprint density at radius 1 is 1.52 bits per heavy atom. The van der Waals surface area contributed by atoms with Crippen LogP contribution in [0.4, 0.5) is 0 Å². The van der Waals surface area contributed by atoms with Crippen molar-refractivity contribution >= 4 is 27.8 Å². The van der Waals surface area contributed by atoms with Gasteiger partial charge in [0.15, 0.2) is 0 Å². The number of aliphatic carboxylic acids is 1. The average Bonchev–Trinajstić information content (AvgIpc) is 2.40. The highest BCUT2D eigenvalue weighted by atomic mass is 79.9. The molecule has 0 bridgehead atoms. The number of hydrogen-bond donors (Lipinski definition) is 2. The number of carboxylic acids is 1. The van der Waals surface area contributed by atoms with Crippen molar-refractivity contribution in [1.29, 1.82) is 0 Å². The van der Waals surface area contributed by atoms with Crippen LogP contribution in [0.1, 0.15) is 30.3 Å². The lowest BCUT2D eigenvalue weighted by atomic mass is 9.85. The molecule has 7 heteroatoms. The first-order valence-corrected chi connectivity index (χ1v) is 7.67. The highest BCUT2D eigenvalue weighted by Crippen LogP contribution is 2.26.